The molecule has 0 aliphatic heterocycles. The summed E-state index contributed by atoms with van der Waals surface area (Å²) < 4.78 is 0. The third kappa shape index (κ3) is 3.82. The number of rotatable bonds is 4. The molecule has 0 bridgehead atoms. The Morgan fingerprint density at radius 2 is 2.06 bits per heavy atom. The van der Waals surface area contributed by atoms with Crippen molar-refractivity contribution in [1.82, 2.24) is 4.98 Å². The number of nitrogens with two attached hydrogens (primary N) is 1. The number of pyridine rings is 1. The van der Waals surface area contributed by atoms with Crippen LogP contribution in [0.2, 0.25) is 0 Å². The average molecular weight is 257 g/mol. The summed E-state index contributed by atoms with van der Waals surface area (Å²) in [7, 11) is 0. The van der Waals surface area contributed by atoms with Gasteiger partial charge in [0.15, 0.2) is 5.11 Å². The van der Waals surface area contributed by atoms with E-state index in [0.29, 0.717) is 0 Å². The van der Waals surface area contributed by atoms with Gasteiger partial charge in [0.05, 0.1) is 0 Å². The highest BCUT2D eigenvalue weighted by atomic mass is 32.1. The molecule has 2 rings (SSSR count). The van der Waals surface area contributed by atoms with Crippen molar-refractivity contribution in [2.24, 2.45) is 5.73 Å². The molecule has 0 radical (unpaired) electrons. The lowest BCUT2D eigenvalue weighted by Crippen LogP contribution is -2.18. The van der Waals surface area contributed by atoms with E-state index in [-0.39, 0.29) is 5.11 Å². The Kier molecular flexibility index (Phi) is 4.25. The van der Waals surface area contributed by atoms with Crippen LogP contribution in [0.15, 0.2) is 48.7 Å². The van der Waals surface area contributed by atoms with E-state index in [1.54, 1.807) is 0 Å². The lowest BCUT2D eigenvalue weighted by Gasteiger charge is -2.06. The maximum absolute atomic E-state index is 5.45. The van der Waals surface area contributed by atoms with Crippen molar-refractivity contribution < 1.29 is 0 Å². The smallest absolute Gasteiger partial charge is 0.168 e. The summed E-state index contributed by atoms with van der Waals surface area (Å²) in [5.41, 5.74) is 8.72. The molecule has 4 heteroatoms. The summed E-state index contributed by atoms with van der Waals surface area (Å²) in [5.74, 6) is 0. The van der Waals surface area contributed by atoms with Gasteiger partial charge in [-0.25, -0.2) is 0 Å². The number of hydrogen-bond acceptors (Lipinski definition) is 2. The van der Waals surface area contributed by atoms with Gasteiger partial charge < -0.3 is 11.1 Å². The van der Waals surface area contributed by atoms with Crippen molar-refractivity contribution in [3.63, 3.8) is 0 Å². The summed E-state index contributed by atoms with van der Waals surface area (Å²) in [5, 5.41) is 3.23. The molecule has 92 valence electrons. The van der Waals surface area contributed by atoms with Crippen LogP contribution in [0, 0.1) is 0 Å². The number of nitrogens with one attached hydrogen (secondary N) is 1. The molecule has 0 fully saturated rings. The maximum atomic E-state index is 5.45. The van der Waals surface area contributed by atoms with Crippen LogP contribution in [-0.4, -0.2) is 10.1 Å². The second kappa shape index (κ2) is 6.12. The number of anilines is 1. The van der Waals surface area contributed by atoms with Crippen LogP contribution >= 0.6 is 12.2 Å². The van der Waals surface area contributed by atoms with E-state index >= 15 is 0 Å². The van der Waals surface area contributed by atoms with Gasteiger partial charge in [0.2, 0.25) is 0 Å². The fourth-order valence-electron chi connectivity index (χ4n) is 1.77. The van der Waals surface area contributed by atoms with Crippen LogP contribution in [-0.2, 0) is 12.8 Å². The first-order valence-electron chi connectivity index (χ1n) is 5.79. The minimum atomic E-state index is 0.289. The molecule has 1 aromatic heterocycles. The molecule has 0 atom stereocenters. The molecule has 1 aromatic carbocycles. The highest BCUT2D eigenvalue weighted by Crippen LogP contribution is 2.12. The molecular formula is C14H15N3S. The molecule has 0 unspecified atom stereocenters. The van der Waals surface area contributed by atoms with Crippen molar-refractivity contribution in [2.45, 2.75) is 12.8 Å². The molecule has 0 saturated heterocycles. The summed E-state index contributed by atoms with van der Waals surface area (Å²) in [6, 6.07) is 14.1. The second-order valence-electron chi connectivity index (χ2n) is 4.01. The maximum Gasteiger partial charge on any atom is 0.168 e. The van der Waals surface area contributed by atoms with Crippen LogP contribution in [0.4, 0.5) is 5.69 Å². The summed E-state index contributed by atoms with van der Waals surface area (Å²) in [4.78, 5) is 4.31. The van der Waals surface area contributed by atoms with Crippen LogP contribution in [0.1, 0.15) is 11.3 Å². The van der Waals surface area contributed by atoms with Crippen molar-refractivity contribution >= 4 is 23.0 Å². The van der Waals surface area contributed by atoms with Gasteiger partial charge in [-0.2, -0.15) is 0 Å². The Balaban J connectivity index is 1.99. The van der Waals surface area contributed by atoms with E-state index in [2.05, 4.69) is 22.4 Å². The summed E-state index contributed by atoms with van der Waals surface area (Å²) >= 11 is 4.82. The number of aromatic nitrogens is 1. The van der Waals surface area contributed by atoms with Crippen molar-refractivity contribution in [1.29, 1.82) is 0 Å². The SMILES string of the molecule is NC(=S)Nc1cccc(CCc2ccccn2)c1. The van der Waals surface area contributed by atoms with E-state index < -0.39 is 0 Å². The van der Waals surface area contributed by atoms with Crippen LogP contribution in [0.25, 0.3) is 0 Å². The third-order valence-corrected chi connectivity index (χ3v) is 2.69. The van der Waals surface area contributed by atoms with Gasteiger partial charge in [0.1, 0.15) is 0 Å². The monoisotopic (exact) mass is 257 g/mol. The Bertz CT molecular complexity index is 526. The lowest BCUT2D eigenvalue weighted by molar-refractivity contribution is 0.914. The zero-order valence-electron chi connectivity index (χ0n) is 9.97. The van der Waals surface area contributed by atoms with Gasteiger partial charge in [-0.05, 0) is 54.9 Å². The molecular weight excluding hydrogens is 242 g/mol. The Hall–Kier alpha value is -1.94. The minimum absolute atomic E-state index is 0.289. The molecule has 2 aromatic rings. The molecule has 0 aliphatic carbocycles. The standard InChI is InChI=1S/C14H15N3S/c15-14(18)17-13-6-3-4-11(10-13)7-8-12-5-1-2-9-16-12/h1-6,9-10H,7-8H2,(H3,15,17,18). The largest absolute Gasteiger partial charge is 0.376 e. The van der Waals surface area contributed by atoms with Crippen LogP contribution in [0.3, 0.4) is 0 Å². The van der Waals surface area contributed by atoms with Crippen LogP contribution in [0.5, 0.6) is 0 Å². The first kappa shape index (κ1) is 12.5. The molecule has 3 N–H and O–H groups in total. The average Bonchev–Trinajstić information content (AvgIpc) is 2.37. The predicted molar refractivity (Wildman–Crippen MR) is 78.5 cm³/mol. The summed E-state index contributed by atoms with van der Waals surface area (Å²) in [6.07, 6.45) is 3.70. The molecule has 0 saturated carbocycles. The van der Waals surface area contributed by atoms with Gasteiger partial charge in [-0.15, -0.1) is 0 Å². The number of hydrogen-bond donors (Lipinski definition) is 2. The van der Waals surface area contributed by atoms with Crippen molar-refractivity contribution in [3.05, 3.63) is 59.9 Å². The first-order valence-corrected chi connectivity index (χ1v) is 6.20. The Morgan fingerprint density at radius 1 is 1.17 bits per heavy atom. The molecule has 18 heavy (non-hydrogen) atoms. The second-order valence-corrected chi connectivity index (χ2v) is 4.45. The van der Waals surface area contributed by atoms with E-state index in [1.165, 1.54) is 5.56 Å². The molecule has 0 amide bonds. The minimum Gasteiger partial charge on any atom is -0.376 e. The summed E-state index contributed by atoms with van der Waals surface area (Å²) in [6.45, 7) is 0. The quantitative estimate of drug-likeness (QED) is 0.826. The number of nitrogens with zero attached hydrogens (tertiary/aromatic N) is 1. The topological polar surface area (TPSA) is 50.9 Å². The highest BCUT2D eigenvalue weighted by Gasteiger charge is 1.99. The lowest BCUT2D eigenvalue weighted by atomic mass is 10.1. The van der Waals surface area contributed by atoms with Gasteiger partial charge in [-0.1, -0.05) is 18.2 Å². The van der Waals surface area contributed by atoms with E-state index in [9.17, 15) is 0 Å². The molecule has 0 spiro atoms. The van der Waals surface area contributed by atoms with Crippen molar-refractivity contribution in [3.8, 4) is 0 Å². The number of thiocarbonyl (C=S) groups is 1. The van der Waals surface area contributed by atoms with Gasteiger partial charge in [0.25, 0.3) is 0 Å². The first-order chi connectivity index (χ1) is 8.74. The Morgan fingerprint density at radius 3 is 2.78 bits per heavy atom. The Labute approximate surface area is 112 Å². The van der Waals surface area contributed by atoms with E-state index in [0.717, 1.165) is 24.2 Å². The number of aryl methyl sites for hydroxylation is 2. The van der Waals surface area contributed by atoms with Gasteiger partial charge in [-0.3, -0.25) is 4.98 Å². The van der Waals surface area contributed by atoms with Crippen LogP contribution < -0.4 is 11.1 Å². The highest BCUT2D eigenvalue weighted by molar-refractivity contribution is 7.80. The van der Waals surface area contributed by atoms with E-state index in [1.807, 2.05) is 36.5 Å². The van der Waals surface area contributed by atoms with E-state index in [4.69, 9.17) is 18.0 Å². The number of benzene rings is 1. The van der Waals surface area contributed by atoms with Crippen molar-refractivity contribution in [2.75, 3.05) is 5.32 Å². The third-order valence-electron chi connectivity index (χ3n) is 2.59. The fourth-order valence-corrected chi connectivity index (χ4v) is 1.88. The normalized spacial score (nSPS) is 10.0. The fraction of sp³-hybridized carbons (Fsp3) is 0.143. The van der Waals surface area contributed by atoms with Gasteiger partial charge in [0, 0.05) is 17.6 Å². The molecule has 3 nitrogen and oxygen atoms in total. The van der Waals surface area contributed by atoms with Gasteiger partial charge >= 0.3 is 0 Å². The zero-order chi connectivity index (χ0) is 12.8. The molecule has 0 aliphatic rings. The molecule has 1 heterocycles. The zero-order valence-corrected chi connectivity index (χ0v) is 10.8. The predicted octanol–water partition coefficient (Wildman–Crippen LogP) is 2.52.